The highest BCUT2D eigenvalue weighted by Gasteiger charge is 2.27. The number of nitrogens with one attached hydrogen (secondary N) is 2. The van der Waals surface area contributed by atoms with E-state index in [1.54, 1.807) is 11.3 Å². The summed E-state index contributed by atoms with van der Waals surface area (Å²) in [5.41, 5.74) is 0. The molecule has 2 fully saturated rings. The van der Waals surface area contributed by atoms with Gasteiger partial charge in [-0.2, -0.15) is 0 Å². The Hall–Kier alpha value is -1.36. The average molecular weight is 419 g/mol. The first kappa shape index (κ1) is 22.3. The Morgan fingerprint density at radius 3 is 2.21 bits per heavy atom. The lowest BCUT2D eigenvalue weighted by molar-refractivity contribution is -0.126. The SMILES string of the molecule is CC(C)Cc1ccc(C(=O)NC2CCC(NC(=O)C(C)CC3CCCC3)CC2)s1. The monoisotopic (exact) mass is 418 g/mol. The van der Waals surface area contributed by atoms with Crippen LogP contribution < -0.4 is 10.6 Å². The molecule has 0 bridgehead atoms. The topological polar surface area (TPSA) is 58.2 Å². The van der Waals surface area contributed by atoms with Gasteiger partial charge in [-0.15, -0.1) is 11.3 Å². The number of carbonyl (C=O) groups is 2. The molecule has 0 saturated heterocycles. The molecule has 5 heteroatoms. The molecule has 2 amide bonds. The highest BCUT2D eigenvalue weighted by Crippen LogP contribution is 2.30. The smallest absolute Gasteiger partial charge is 0.261 e. The Labute approximate surface area is 180 Å². The van der Waals surface area contributed by atoms with Crippen LogP contribution in [0.2, 0.25) is 0 Å². The van der Waals surface area contributed by atoms with Crippen molar-refractivity contribution in [1.82, 2.24) is 10.6 Å². The van der Waals surface area contributed by atoms with Crippen LogP contribution in [0.3, 0.4) is 0 Å². The van der Waals surface area contributed by atoms with Gasteiger partial charge in [-0.3, -0.25) is 9.59 Å². The van der Waals surface area contributed by atoms with E-state index in [0.29, 0.717) is 5.92 Å². The van der Waals surface area contributed by atoms with Crippen molar-refractivity contribution in [1.29, 1.82) is 0 Å². The molecule has 1 aromatic heterocycles. The predicted octanol–water partition coefficient (Wildman–Crippen LogP) is 5.32. The van der Waals surface area contributed by atoms with E-state index in [9.17, 15) is 9.59 Å². The normalized spacial score (nSPS) is 23.9. The quantitative estimate of drug-likeness (QED) is 0.600. The van der Waals surface area contributed by atoms with E-state index in [1.165, 1.54) is 30.6 Å². The van der Waals surface area contributed by atoms with Crippen LogP contribution >= 0.6 is 11.3 Å². The van der Waals surface area contributed by atoms with Gasteiger partial charge < -0.3 is 10.6 Å². The fourth-order valence-electron chi connectivity index (χ4n) is 4.85. The lowest BCUT2D eigenvalue weighted by atomic mass is 9.89. The van der Waals surface area contributed by atoms with Gasteiger partial charge in [-0.25, -0.2) is 0 Å². The third-order valence-corrected chi connectivity index (χ3v) is 7.62. The minimum atomic E-state index is 0.0580. The predicted molar refractivity (Wildman–Crippen MR) is 120 cm³/mol. The highest BCUT2D eigenvalue weighted by atomic mass is 32.1. The molecule has 1 aromatic rings. The Morgan fingerprint density at radius 1 is 0.966 bits per heavy atom. The van der Waals surface area contributed by atoms with Crippen molar-refractivity contribution in [3.05, 3.63) is 21.9 Å². The van der Waals surface area contributed by atoms with Crippen LogP contribution in [-0.2, 0) is 11.2 Å². The van der Waals surface area contributed by atoms with Gasteiger partial charge in [0, 0.05) is 22.9 Å². The molecule has 1 atom stereocenters. The van der Waals surface area contributed by atoms with Gasteiger partial charge in [0.1, 0.15) is 0 Å². The van der Waals surface area contributed by atoms with E-state index in [-0.39, 0.29) is 29.8 Å². The van der Waals surface area contributed by atoms with Gasteiger partial charge in [0.25, 0.3) is 5.91 Å². The van der Waals surface area contributed by atoms with E-state index in [1.807, 2.05) is 6.07 Å². The molecule has 2 aliphatic rings. The summed E-state index contributed by atoms with van der Waals surface area (Å²) in [6.07, 6.45) is 11.1. The van der Waals surface area contributed by atoms with E-state index in [4.69, 9.17) is 0 Å². The van der Waals surface area contributed by atoms with Crippen LogP contribution in [-0.4, -0.2) is 23.9 Å². The molecule has 29 heavy (non-hydrogen) atoms. The molecule has 0 spiro atoms. The number of hydrogen-bond acceptors (Lipinski definition) is 3. The Bertz CT molecular complexity index is 670. The van der Waals surface area contributed by atoms with Crippen molar-refractivity contribution in [2.45, 2.75) is 97.1 Å². The molecule has 4 nitrogen and oxygen atoms in total. The number of thiophene rings is 1. The fourth-order valence-corrected chi connectivity index (χ4v) is 5.97. The van der Waals surface area contributed by atoms with Crippen LogP contribution in [0.1, 0.15) is 93.1 Å². The van der Waals surface area contributed by atoms with Crippen LogP contribution in [0.25, 0.3) is 0 Å². The van der Waals surface area contributed by atoms with Crippen LogP contribution in [0.4, 0.5) is 0 Å². The first-order valence-electron chi connectivity index (χ1n) is 11.6. The number of rotatable bonds is 8. The van der Waals surface area contributed by atoms with Gasteiger partial charge in [0.05, 0.1) is 4.88 Å². The largest absolute Gasteiger partial charge is 0.353 e. The summed E-state index contributed by atoms with van der Waals surface area (Å²) in [6, 6.07) is 4.52. The van der Waals surface area contributed by atoms with Crippen molar-refractivity contribution in [2.24, 2.45) is 17.8 Å². The lowest BCUT2D eigenvalue weighted by Gasteiger charge is -2.30. The summed E-state index contributed by atoms with van der Waals surface area (Å²) in [6.45, 7) is 6.48. The minimum Gasteiger partial charge on any atom is -0.353 e. The lowest BCUT2D eigenvalue weighted by Crippen LogP contribution is -2.45. The first-order chi connectivity index (χ1) is 13.9. The summed E-state index contributed by atoms with van der Waals surface area (Å²) in [5, 5.41) is 6.48. The highest BCUT2D eigenvalue weighted by molar-refractivity contribution is 7.14. The van der Waals surface area contributed by atoms with Crippen molar-refractivity contribution >= 4 is 23.2 Å². The van der Waals surface area contributed by atoms with E-state index in [0.717, 1.165) is 49.3 Å². The van der Waals surface area contributed by atoms with Gasteiger partial charge in [0.2, 0.25) is 5.91 Å². The Morgan fingerprint density at radius 2 is 1.59 bits per heavy atom. The average Bonchev–Trinajstić information content (AvgIpc) is 3.35. The number of hydrogen-bond donors (Lipinski definition) is 2. The zero-order valence-corrected chi connectivity index (χ0v) is 19.2. The molecule has 0 radical (unpaired) electrons. The molecule has 2 saturated carbocycles. The molecule has 3 rings (SSSR count). The third-order valence-electron chi connectivity index (χ3n) is 6.51. The second-order valence-electron chi connectivity index (χ2n) is 9.68. The molecule has 162 valence electrons. The van der Waals surface area contributed by atoms with Crippen LogP contribution in [0, 0.1) is 17.8 Å². The maximum atomic E-state index is 12.6. The molecule has 2 N–H and O–H groups in total. The summed E-state index contributed by atoms with van der Waals surface area (Å²) in [4.78, 5) is 27.2. The van der Waals surface area contributed by atoms with Crippen LogP contribution in [0.15, 0.2) is 12.1 Å². The molecule has 1 heterocycles. The summed E-state index contributed by atoms with van der Waals surface area (Å²) < 4.78 is 0. The second kappa shape index (κ2) is 10.6. The number of amides is 2. The van der Waals surface area contributed by atoms with E-state index in [2.05, 4.69) is 37.5 Å². The summed E-state index contributed by atoms with van der Waals surface area (Å²) in [5.74, 6) is 1.76. The maximum Gasteiger partial charge on any atom is 0.261 e. The van der Waals surface area contributed by atoms with Gasteiger partial charge >= 0.3 is 0 Å². The Balaban J connectivity index is 1.38. The standard InChI is InChI=1S/C24H38N2O2S/c1-16(2)14-21-12-13-22(29-21)24(28)26-20-10-8-19(9-11-20)25-23(27)17(3)15-18-6-4-5-7-18/h12-13,16-20H,4-11,14-15H2,1-3H3,(H,25,27)(H,26,28). The Kier molecular flexibility index (Phi) is 8.16. The molecule has 0 aromatic carbocycles. The van der Waals surface area contributed by atoms with E-state index >= 15 is 0 Å². The second-order valence-corrected chi connectivity index (χ2v) is 10.9. The van der Waals surface area contributed by atoms with Crippen molar-refractivity contribution in [3.8, 4) is 0 Å². The van der Waals surface area contributed by atoms with Crippen molar-refractivity contribution in [3.63, 3.8) is 0 Å². The van der Waals surface area contributed by atoms with Crippen molar-refractivity contribution < 1.29 is 9.59 Å². The van der Waals surface area contributed by atoms with Crippen molar-refractivity contribution in [2.75, 3.05) is 0 Å². The van der Waals surface area contributed by atoms with Gasteiger partial charge in [-0.05, 0) is 62.5 Å². The molecule has 2 aliphatic carbocycles. The zero-order valence-electron chi connectivity index (χ0n) is 18.3. The van der Waals surface area contributed by atoms with Crippen LogP contribution in [0.5, 0.6) is 0 Å². The summed E-state index contributed by atoms with van der Waals surface area (Å²) in [7, 11) is 0. The minimum absolute atomic E-state index is 0.0580. The third kappa shape index (κ3) is 6.84. The first-order valence-corrected chi connectivity index (χ1v) is 12.4. The molecule has 0 aliphatic heterocycles. The molecule has 1 unspecified atom stereocenters. The van der Waals surface area contributed by atoms with E-state index < -0.39 is 0 Å². The maximum absolute atomic E-state index is 12.6. The van der Waals surface area contributed by atoms with Gasteiger partial charge in [0.15, 0.2) is 0 Å². The van der Waals surface area contributed by atoms with Gasteiger partial charge in [-0.1, -0.05) is 46.5 Å². The molecular weight excluding hydrogens is 380 g/mol. The summed E-state index contributed by atoms with van der Waals surface area (Å²) >= 11 is 1.61. The number of carbonyl (C=O) groups excluding carboxylic acids is 2. The molecular formula is C24H38N2O2S. The fraction of sp³-hybridized carbons (Fsp3) is 0.750. The zero-order chi connectivity index (χ0) is 20.8.